The lowest BCUT2D eigenvalue weighted by Gasteiger charge is -2.25. The molecule has 1 atom stereocenters. The van der Waals surface area contributed by atoms with E-state index < -0.39 is 12.0 Å². The molecule has 0 amide bonds. The number of hydrogen-bond donors (Lipinski definition) is 1. The summed E-state index contributed by atoms with van der Waals surface area (Å²) in [7, 11) is 0. The zero-order valence-electron chi connectivity index (χ0n) is 11.7. The molecule has 1 fully saturated rings. The summed E-state index contributed by atoms with van der Waals surface area (Å²) in [5.41, 5.74) is 0. The lowest BCUT2D eigenvalue weighted by molar-refractivity contribution is -0.144. The molecular weight excluding hydrogens is 269 g/mol. The Morgan fingerprint density at radius 2 is 2.10 bits per heavy atom. The van der Waals surface area contributed by atoms with Gasteiger partial charge in [-0.1, -0.05) is 6.92 Å². The van der Waals surface area contributed by atoms with Gasteiger partial charge < -0.3 is 10.2 Å². The first-order valence-corrected chi connectivity index (χ1v) is 6.92. The van der Waals surface area contributed by atoms with Gasteiger partial charge in [0.2, 0.25) is 5.82 Å². The van der Waals surface area contributed by atoms with Gasteiger partial charge in [0.1, 0.15) is 11.6 Å². The highest BCUT2D eigenvalue weighted by molar-refractivity contribution is 5.51. The Labute approximate surface area is 116 Å². The number of rotatable bonds is 4. The Kier molecular flexibility index (Phi) is 4.35. The Hall–Kier alpha value is -1.53. The maximum absolute atomic E-state index is 12.9. The summed E-state index contributed by atoms with van der Waals surface area (Å²) in [6.45, 7) is 5.13. The van der Waals surface area contributed by atoms with Gasteiger partial charge in [-0.3, -0.25) is 0 Å². The Bertz CT molecular complexity index is 461. The van der Waals surface area contributed by atoms with Crippen LogP contribution in [0.1, 0.15) is 38.9 Å². The molecule has 1 N–H and O–H groups in total. The van der Waals surface area contributed by atoms with Crippen LogP contribution < -0.4 is 10.2 Å². The molecular formula is C13H19F3N4. The second-order valence-electron chi connectivity index (χ2n) is 4.86. The van der Waals surface area contributed by atoms with Crippen LogP contribution in [0.5, 0.6) is 0 Å². The summed E-state index contributed by atoms with van der Waals surface area (Å²) in [4.78, 5) is 9.22. The monoisotopic (exact) mass is 288 g/mol. The molecule has 112 valence electrons. The maximum Gasteiger partial charge on any atom is 0.451 e. The minimum absolute atomic E-state index is 0.228. The second kappa shape index (κ2) is 5.85. The average molecular weight is 288 g/mol. The van der Waals surface area contributed by atoms with Crippen LogP contribution in [0, 0.1) is 0 Å². The number of nitrogens with one attached hydrogen (secondary N) is 1. The van der Waals surface area contributed by atoms with Gasteiger partial charge in [-0.2, -0.15) is 13.2 Å². The molecule has 1 aromatic rings. The summed E-state index contributed by atoms with van der Waals surface area (Å²) >= 11 is 0. The fraction of sp³-hybridized carbons (Fsp3) is 0.692. The number of nitrogens with zero attached hydrogens (tertiary/aromatic N) is 3. The Morgan fingerprint density at radius 1 is 1.35 bits per heavy atom. The molecule has 1 saturated heterocycles. The van der Waals surface area contributed by atoms with Crippen LogP contribution in [0.4, 0.5) is 24.8 Å². The highest BCUT2D eigenvalue weighted by Crippen LogP contribution is 2.32. The standard InChI is InChI=1S/C13H19F3N4/c1-3-9-6-5-7-20(9)11-8-10(17-4-2)18-12(19-11)13(14,15)16/h8-9H,3-7H2,1-2H3,(H,17,18,19). The fourth-order valence-electron chi connectivity index (χ4n) is 2.54. The number of halogens is 3. The van der Waals surface area contributed by atoms with E-state index in [-0.39, 0.29) is 11.9 Å². The molecule has 1 aromatic heterocycles. The smallest absolute Gasteiger partial charge is 0.370 e. The maximum atomic E-state index is 12.9. The summed E-state index contributed by atoms with van der Waals surface area (Å²) in [5, 5.41) is 2.84. The molecule has 0 radical (unpaired) electrons. The van der Waals surface area contributed by atoms with E-state index in [2.05, 4.69) is 15.3 Å². The summed E-state index contributed by atoms with van der Waals surface area (Å²) in [6, 6.07) is 1.87. The first-order valence-electron chi connectivity index (χ1n) is 6.92. The molecule has 0 aliphatic carbocycles. The van der Waals surface area contributed by atoms with Crippen molar-refractivity contribution < 1.29 is 13.2 Å². The van der Waals surface area contributed by atoms with Gasteiger partial charge in [0.05, 0.1) is 0 Å². The SMILES string of the molecule is CCNc1cc(N2CCCC2CC)nc(C(F)(F)F)n1. The van der Waals surface area contributed by atoms with E-state index in [0.717, 1.165) is 25.8 Å². The van der Waals surface area contributed by atoms with Gasteiger partial charge in [-0.05, 0) is 26.2 Å². The quantitative estimate of drug-likeness (QED) is 0.923. The van der Waals surface area contributed by atoms with Crippen LogP contribution in [0.2, 0.25) is 0 Å². The van der Waals surface area contributed by atoms with Gasteiger partial charge in [-0.25, -0.2) is 9.97 Å². The molecule has 0 aromatic carbocycles. The van der Waals surface area contributed by atoms with Crippen molar-refractivity contribution in [3.05, 3.63) is 11.9 Å². The predicted octanol–water partition coefficient (Wildman–Crippen LogP) is 3.31. The van der Waals surface area contributed by atoms with Crippen LogP contribution in [-0.2, 0) is 6.18 Å². The summed E-state index contributed by atoms with van der Waals surface area (Å²) < 4.78 is 38.6. The molecule has 2 rings (SSSR count). The average Bonchev–Trinajstić information content (AvgIpc) is 2.86. The molecule has 0 saturated carbocycles. The predicted molar refractivity (Wildman–Crippen MR) is 71.9 cm³/mol. The van der Waals surface area contributed by atoms with Crippen molar-refractivity contribution >= 4 is 11.6 Å². The molecule has 2 heterocycles. The minimum atomic E-state index is -4.53. The van der Waals surface area contributed by atoms with E-state index in [9.17, 15) is 13.2 Å². The third-order valence-electron chi connectivity index (χ3n) is 3.47. The zero-order chi connectivity index (χ0) is 14.8. The van der Waals surface area contributed by atoms with E-state index >= 15 is 0 Å². The van der Waals surface area contributed by atoms with Crippen molar-refractivity contribution in [2.45, 2.75) is 45.3 Å². The fourth-order valence-corrected chi connectivity index (χ4v) is 2.54. The number of alkyl halides is 3. The minimum Gasteiger partial charge on any atom is -0.370 e. The molecule has 1 aliphatic heterocycles. The largest absolute Gasteiger partial charge is 0.451 e. The van der Waals surface area contributed by atoms with Crippen molar-refractivity contribution in [1.29, 1.82) is 0 Å². The van der Waals surface area contributed by atoms with Gasteiger partial charge in [0.25, 0.3) is 0 Å². The number of aromatic nitrogens is 2. The lowest BCUT2D eigenvalue weighted by atomic mass is 10.2. The molecule has 0 spiro atoms. The van der Waals surface area contributed by atoms with E-state index in [1.54, 1.807) is 6.07 Å². The van der Waals surface area contributed by atoms with E-state index in [0.29, 0.717) is 12.4 Å². The topological polar surface area (TPSA) is 41.0 Å². The molecule has 20 heavy (non-hydrogen) atoms. The molecule has 4 nitrogen and oxygen atoms in total. The van der Waals surface area contributed by atoms with Crippen molar-refractivity contribution in [3.63, 3.8) is 0 Å². The summed E-state index contributed by atoms with van der Waals surface area (Å²) in [5.74, 6) is -0.480. The molecule has 1 aliphatic rings. The summed E-state index contributed by atoms with van der Waals surface area (Å²) in [6.07, 6.45) is -1.64. The van der Waals surface area contributed by atoms with E-state index in [1.807, 2.05) is 18.7 Å². The van der Waals surface area contributed by atoms with Crippen LogP contribution in [0.25, 0.3) is 0 Å². The van der Waals surface area contributed by atoms with Crippen molar-refractivity contribution in [1.82, 2.24) is 9.97 Å². The van der Waals surface area contributed by atoms with Gasteiger partial charge >= 0.3 is 6.18 Å². The van der Waals surface area contributed by atoms with Crippen molar-refractivity contribution in [2.24, 2.45) is 0 Å². The first-order chi connectivity index (χ1) is 9.45. The lowest BCUT2D eigenvalue weighted by Crippen LogP contribution is -2.30. The van der Waals surface area contributed by atoms with Crippen LogP contribution in [0.3, 0.4) is 0 Å². The van der Waals surface area contributed by atoms with Gasteiger partial charge in [0, 0.05) is 25.2 Å². The van der Waals surface area contributed by atoms with Crippen LogP contribution >= 0.6 is 0 Å². The normalized spacial score (nSPS) is 19.4. The van der Waals surface area contributed by atoms with Crippen LogP contribution in [0.15, 0.2) is 6.07 Å². The highest BCUT2D eigenvalue weighted by atomic mass is 19.4. The van der Waals surface area contributed by atoms with E-state index in [1.165, 1.54) is 0 Å². The molecule has 1 unspecified atom stereocenters. The first kappa shape index (κ1) is 14.9. The van der Waals surface area contributed by atoms with E-state index in [4.69, 9.17) is 0 Å². The van der Waals surface area contributed by atoms with Gasteiger partial charge in [-0.15, -0.1) is 0 Å². The Balaban J connectivity index is 2.38. The highest BCUT2D eigenvalue weighted by Gasteiger charge is 2.36. The number of hydrogen-bond acceptors (Lipinski definition) is 4. The van der Waals surface area contributed by atoms with Crippen LogP contribution in [-0.4, -0.2) is 29.1 Å². The second-order valence-corrected chi connectivity index (χ2v) is 4.86. The van der Waals surface area contributed by atoms with Crippen molar-refractivity contribution in [3.8, 4) is 0 Å². The zero-order valence-corrected chi connectivity index (χ0v) is 11.7. The third-order valence-corrected chi connectivity index (χ3v) is 3.47. The van der Waals surface area contributed by atoms with Crippen molar-refractivity contribution in [2.75, 3.05) is 23.3 Å². The molecule has 0 bridgehead atoms. The third kappa shape index (κ3) is 3.13. The molecule has 7 heteroatoms. The number of anilines is 2. The van der Waals surface area contributed by atoms with Gasteiger partial charge in [0.15, 0.2) is 0 Å². The Morgan fingerprint density at radius 3 is 2.70 bits per heavy atom.